The number of hydrogen-bond donors (Lipinski definition) is 1. The quantitative estimate of drug-likeness (QED) is 0.745. The van der Waals surface area contributed by atoms with Crippen molar-refractivity contribution in [3.05, 3.63) is 22.2 Å². The second-order valence-corrected chi connectivity index (χ2v) is 2.97. The highest BCUT2D eigenvalue weighted by atomic mass is 35.5. The van der Waals surface area contributed by atoms with Gasteiger partial charge in [0, 0.05) is 0 Å². The largest absolute Gasteiger partial charge is 0.504 e. The van der Waals surface area contributed by atoms with Gasteiger partial charge >= 0.3 is 0 Å². The lowest BCUT2D eigenvalue weighted by molar-refractivity contribution is 0.112. The standard InChI is InChI=1S/C9H9ClO3/c1-5-3-7(13-2)9(12)6(4-11)8(5)10/h3-4,12H,1-2H3. The molecule has 1 N–H and O–H groups in total. The van der Waals surface area contributed by atoms with Crippen LogP contribution in [0.15, 0.2) is 6.07 Å². The highest BCUT2D eigenvalue weighted by molar-refractivity contribution is 6.34. The Labute approximate surface area is 80.9 Å². The predicted octanol–water partition coefficient (Wildman–Crippen LogP) is 2.18. The van der Waals surface area contributed by atoms with Crippen LogP contribution in [0.1, 0.15) is 15.9 Å². The second kappa shape index (κ2) is 3.66. The second-order valence-electron chi connectivity index (χ2n) is 2.59. The first kappa shape index (κ1) is 9.86. The average Bonchev–Trinajstić information content (AvgIpc) is 2.12. The predicted molar refractivity (Wildman–Crippen MR) is 49.8 cm³/mol. The van der Waals surface area contributed by atoms with E-state index in [0.29, 0.717) is 11.8 Å². The summed E-state index contributed by atoms with van der Waals surface area (Å²) in [5, 5.41) is 9.71. The zero-order valence-corrected chi connectivity index (χ0v) is 8.05. The molecule has 0 amide bonds. The van der Waals surface area contributed by atoms with Gasteiger partial charge in [-0.2, -0.15) is 0 Å². The molecule has 0 aliphatic carbocycles. The molecule has 70 valence electrons. The number of halogens is 1. The van der Waals surface area contributed by atoms with Crippen LogP contribution in [-0.2, 0) is 0 Å². The normalized spacial score (nSPS) is 9.77. The van der Waals surface area contributed by atoms with E-state index in [9.17, 15) is 9.90 Å². The lowest BCUT2D eigenvalue weighted by Gasteiger charge is -2.08. The van der Waals surface area contributed by atoms with Crippen LogP contribution >= 0.6 is 11.6 Å². The fraction of sp³-hybridized carbons (Fsp3) is 0.222. The number of hydrogen-bond acceptors (Lipinski definition) is 3. The molecule has 0 saturated carbocycles. The first-order valence-corrected chi connectivity index (χ1v) is 4.00. The highest BCUT2D eigenvalue weighted by Gasteiger charge is 2.13. The van der Waals surface area contributed by atoms with E-state index in [0.717, 1.165) is 0 Å². The van der Waals surface area contributed by atoms with Crippen molar-refractivity contribution in [3.8, 4) is 11.5 Å². The molecule has 1 aromatic rings. The fourth-order valence-electron chi connectivity index (χ4n) is 1.04. The summed E-state index contributed by atoms with van der Waals surface area (Å²) in [5.74, 6) is 0.0390. The Hall–Kier alpha value is -1.22. The highest BCUT2D eigenvalue weighted by Crippen LogP contribution is 2.36. The van der Waals surface area contributed by atoms with Crippen molar-refractivity contribution < 1.29 is 14.6 Å². The van der Waals surface area contributed by atoms with Crippen LogP contribution < -0.4 is 4.74 Å². The lowest BCUT2D eigenvalue weighted by atomic mass is 10.1. The van der Waals surface area contributed by atoms with E-state index in [4.69, 9.17) is 16.3 Å². The Kier molecular flexibility index (Phi) is 2.78. The minimum absolute atomic E-state index is 0.0681. The third-order valence-corrected chi connectivity index (χ3v) is 2.26. The van der Waals surface area contributed by atoms with E-state index in [1.54, 1.807) is 13.0 Å². The Balaban J connectivity index is 3.47. The molecule has 1 aromatic carbocycles. The van der Waals surface area contributed by atoms with Gasteiger partial charge < -0.3 is 9.84 Å². The number of rotatable bonds is 2. The maximum Gasteiger partial charge on any atom is 0.169 e. The molecule has 0 unspecified atom stereocenters. The van der Waals surface area contributed by atoms with Crippen LogP contribution in [0.2, 0.25) is 5.02 Å². The Morgan fingerprint density at radius 1 is 1.62 bits per heavy atom. The lowest BCUT2D eigenvalue weighted by Crippen LogP contribution is -1.92. The van der Waals surface area contributed by atoms with Crippen LogP contribution in [0.25, 0.3) is 0 Å². The maximum atomic E-state index is 10.6. The molecular weight excluding hydrogens is 192 g/mol. The van der Waals surface area contributed by atoms with Crippen molar-refractivity contribution in [2.75, 3.05) is 7.11 Å². The van der Waals surface area contributed by atoms with E-state index >= 15 is 0 Å². The van der Waals surface area contributed by atoms with Gasteiger partial charge in [-0.05, 0) is 18.6 Å². The van der Waals surface area contributed by atoms with Crippen LogP contribution in [0.5, 0.6) is 11.5 Å². The van der Waals surface area contributed by atoms with Gasteiger partial charge in [-0.1, -0.05) is 11.6 Å². The van der Waals surface area contributed by atoms with Crippen molar-refractivity contribution in [2.24, 2.45) is 0 Å². The SMILES string of the molecule is COc1cc(C)c(Cl)c(C=O)c1O. The van der Waals surface area contributed by atoms with Crippen molar-refractivity contribution in [3.63, 3.8) is 0 Å². The number of aryl methyl sites for hydroxylation is 1. The van der Waals surface area contributed by atoms with Crippen LogP contribution in [-0.4, -0.2) is 18.5 Å². The van der Waals surface area contributed by atoms with Gasteiger partial charge in [0.15, 0.2) is 17.8 Å². The van der Waals surface area contributed by atoms with E-state index in [-0.39, 0.29) is 22.1 Å². The van der Waals surface area contributed by atoms with Gasteiger partial charge in [-0.15, -0.1) is 0 Å². The van der Waals surface area contributed by atoms with Gasteiger partial charge in [-0.25, -0.2) is 0 Å². The molecule has 0 bridgehead atoms. The van der Waals surface area contributed by atoms with Crippen molar-refractivity contribution in [2.45, 2.75) is 6.92 Å². The van der Waals surface area contributed by atoms with Crippen LogP contribution in [0.3, 0.4) is 0 Å². The number of phenols is 1. The Bertz CT molecular complexity index is 347. The molecule has 4 heteroatoms. The molecule has 0 saturated heterocycles. The molecule has 0 aromatic heterocycles. The number of carbonyl (C=O) groups is 1. The van der Waals surface area contributed by atoms with E-state index in [1.807, 2.05) is 0 Å². The Morgan fingerprint density at radius 2 is 2.23 bits per heavy atom. The third kappa shape index (κ3) is 1.60. The summed E-state index contributed by atoms with van der Waals surface area (Å²) in [5.41, 5.74) is 0.761. The van der Waals surface area contributed by atoms with Gasteiger partial charge in [0.1, 0.15) is 0 Å². The van der Waals surface area contributed by atoms with E-state index in [1.165, 1.54) is 7.11 Å². The summed E-state index contributed by atoms with van der Waals surface area (Å²) in [6, 6.07) is 1.57. The molecule has 0 radical (unpaired) electrons. The fourth-order valence-corrected chi connectivity index (χ4v) is 1.23. The van der Waals surface area contributed by atoms with Gasteiger partial charge in [0.05, 0.1) is 17.7 Å². The number of benzene rings is 1. The topological polar surface area (TPSA) is 46.5 Å². The minimum Gasteiger partial charge on any atom is -0.504 e. The molecule has 0 aliphatic heterocycles. The summed E-state index contributed by atoms with van der Waals surface area (Å²) in [4.78, 5) is 10.6. The van der Waals surface area contributed by atoms with E-state index < -0.39 is 0 Å². The number of methoxy groups -OCH3 is 1. The Morgan fingerprint density at radius 3 is 2.69 bits per heavy atom. The van der Waals surface area contributed by atoms with Crippen LogP contribution in [0, 0.1) is 6.92 Å². The molecule has 0 heterocycles. The molecule has 3 nitrogen and oxygen atoms in total. The number of carbonyl (C=O) groups excluding carboxylic acids is 1. The monoisotopic (exact) mass is 200 g/mol. The maximum absolute atomic E-state index is 10.6. The first-order chi connectivity index (χ1) is 6.11. The third-order valence-electron chi connectivity index (χ3n) is 1.76. The first-order valence-electron chi connectivity index (χ1n) is 3.63. The molecule has 13 heavy (non-hydrogen) atoms. The van der Waals surface area contributed by atoms with Gasteiger partial charge in [0.2, 0.25) is 0 Å². The van der Waals surface area contributed by atoms with E-state index in [2.05, 4.69) is 0 Å². The molecule has 0 spiro atoms. The molecule has 0 fully saturated rings. The average molecular weight is 201 g/mol. The molecule has 1 rings (SSSR count). The smallest absolute Gasteiger partial charge is 0.169 e. The summed E-state index contributed by atoms with van der Waals surface area (Å²) >= 11 is 5.78. The van der Waals surface area contributed by atoms with Crippen molar-refractivity contribution >= 4 is 17.9 Å². The van der Waals surface area contributed by atoms with Crippen LogP contribution in [0.4, 0.5) is 0 Å². The minimum atomic E-state index is -0.215. The summed E-state index contributed by atoms with van der Waals surface area (Å²) < 4.78 is 4.86. The summed E-state index contributed by atoms with van der Waals surface area (Å²) in [7, 11) is 1.41. The zero-order valence-electron chi connectivity index (χ0n) is 7.30. The molecule has 0 atom stereocenters. The van der Waals surface area contributed by atoms with Crippen molar-refractivity contribution in [1.29, 1.82) is 0 Å². The van der Waals surface area contributed by atoms with Crippen molar-refractivity contribution in [1.82, 2.24) is 0 Å². The van der Waals surface area contributed by atoms with Gasteiger partial charge in [0.25, 0.3) is 0 Å². The number of ether oxygens (including phenoxy) is 1. The summed E-state index contributed by atoms with van der Waals surface area (Å²) in [6.45, 7) is 1.73. The number of aromatic hydroxyl groups is 1. The molecule has 0 aliphatic rings. The van der Waals surface area contributed by atoms with Gasteiger partial charge in [-0.3, -0.25) is 4.79 Å². The molecular formula is C9H9ClO3. The summed E-state index contributed by atoms with van der Waals surface area (Å²) in [6.07, 6.45) is 0.507. The number of phenolic OH excluding ortho intramolecular Hbond substituents is 1. The number of aldehydes is 1. The zero-order chi connectivity index (χ0) is 10.0.